The van der Waals surface area contributed by atoms with Gasteiger partial charge >= 0.3 is 0 Å². The average Bonchev–Trinajstić information content (AvgIpc) is 2.64. The van der Waals surface area contributed by atoms with Gasteiger partial charge in [-0.05, 0) is 23.8 Å². The predicted octanol–water partition coefficient (Wildman–Crippen LogP) is 4.46. The highest BCUT2D eigenvalue weighted by Crippen LogP contribution is 2.27. The number of aromatic nitrogens is 2. The van der Waals surface area contributed by atoms with Gasteiger partial charge in [0.25, 0.3) is 5.91 Å². The number of hydrogen-bond donors (Lipinski definition) is 2. The summed E-state index contributed by atoms with van der Waals surface area (Å²) < 4.78 is 0. The highest BCUT2D eigenvalue weighted by atomic mass is 35.5. The SMILES string of the molecule is O=C(NCc1ccccc1)c1cc(Nc2cc(Cl)ccc2Cl)ncn1. The van der Waals surface area contributed by atoms with Gasteiger partial charge in [0, 0.05) is 17.6 Å². The van der Waals surface area contributed by atoms with Gasteiger partial charge in [-0.3, -0.25) is 4.79 Å². The molecule has 0 saturated carbocycles. The van der Waals surface area contributed by atoms with Crippen LogP contribution in [0.1, 0.15) is 16.1 Å². The summed E-state index contributed by atoms with van der Waals surface area (Å²) in [5.74, 6) is 0.163. The Morgan fingerprint density at radius 1 is 1.00 bits per heavy atom. The van der Waals surface area contributed by atoms with Gasteiger partial charge < -0.3 is 10.6 Å². The van der Waals surface area contributed by atoms with Crippen molar-refractivity contribution in [2.75, 3.05) is 5.32 Å². The van der Waals surface area contributed by atoms with Crippen LogP contribution in [0.3, 0.4) is 0 Å². The maximum Gasteiger partial charge on any atom is 0.270 e. The third-order valence-corrected chi connectivity index (χ3v) is 3.95. The number of anilines is 2. The van der Waals surface area contributed by atoms with Crippen LogP contribution in [0.2, 0.25) is 10.0 Å². The number of carbonyl (C=O) groups is 1. The molecular weight excluding hydrogens is 359 g/mol. The summed E-state index contributed by atoms with van der Waals surface area (Å²) >= 11 is 12.1. The fraction of sp³-hybridized carbons (Fsp3) is 0.0556. The number of halogens is 2. The van der Waals surface area contributed by atoms with Crippen LogP contribution in [0.5, 0.6) is 0 Å². The van der Waals surface area contributed by atoms with Crippen molar-refractivity contribution >= 4 is 40.6 Å². The minimum absolute atomic E-state index is 0.256. The molecule has 0 radical (unpaired) electrons. The van der Waals surface area contributed by atoms with Crippen molar-refractivity contribution in [3.05, 3.63) is 82.2 Å². The van der Waals surface area contributed by atoms with E-state index in [1.54, 1.807) is 24.3 Å². The first-order chi connectivity index (χ1) is 12.1. The second-order valence-corrected chi connectivity index (χ2v) is 6.05. The summed E-state index contributed by atoms with van der Waals surface area (Å²) in [6.45, 7) is 0.423. The molecule has 2 aromatic carbocycles. The van der Waals surface area contributed by atoms with Crippen molar-refractivity contribution in [2.45, 2.75) is 6.54 Å². The molecule has 0 aliphatic heterocycles. The van der Waals surface area contributed by atoms with Crippen molar-refractivity contribution < 1.29 is 4.79 Å². The molecule has 1 amide bonds. The van der Waals surface area contributed by atoms with E-state index in [0.717, 1.165) is 5.56 Å². The zero-order valence-electron chi connectivity index (χ0n) is 13.0. The normalized spacial score (nSPS) is 10.3. The summed E-state index contributed by atoms with van der Waals surface area (Å²) in [7, 11) is 0. The molecule has 1 aromatic heterocycles. The molecule has 0 unspecified atom stereocenters. The van der Waals surface area contributed by atoms with Gasteiger partial charge in [-0.25, -0.2) is 9.97 Å². The number of nitrogens with zero attached hydrogens (tertiary/aromatic N) is 2. The first-order valence-electron chi connectivity index (χ1n) is 7.48. The molecule has 0 saturated heterocycles. The Hall–Kier alpha value is -2.63. The first-order valence-corrected chi connectivity index (χ1v) is 8.23. The molecule has 126 valence electrons. The van der Waals surface area contributed by atoms with Crippen molar-refractivity contribution in [3.8, 4) is 0 Å². The maximum absolute atomic E-state index is 12.3. The Balaban J connectivity index is 1.70. The van der Waals surface area contributed by atoms with E-state index >= 15 is 0 Å². The zero-order chi connectivity index (χ0) is 17.6. The Labute approximate surface area is 155 Å². The van der Waals surface area contributed by atoms with Gasteiger partial charge in [0.05, 0.1) is 10.7 Å². The highest BCUT2D eigenvalue weighted by molar-refractivity contribution is 6.35. The number of rotatable bonds is 5. The van der Waals surface area contributed by atoms with Crippen molar-refractivity contribution in [1.29, 1.82) is 0 Å². The van der Waals surface area contributed by atoms with E-state index in [4.69, 9.17) is 23.2 Å². The van der Waals surface area contributed by atoms with Crippen LogP contribution in [-0.2, 0) is 6.54 Å². The molecule has 2 N–H and O–H groups in total. The van der Waals surface area contributed by atoms with Crippen LogP contribution in [0, 0.1) is 0 Å². The number of nitrogens with one attached hydrogen (secondary N) is 2. The minimum Gasteiger partial charge on any atom is -0.347 e. The summed E-state index contributed by atoms with van der Waals surface area (Å²) in [4.78, 5) is 20.4. The van der Waals surface area contributed by atoms with Crippen LogP contribution in [0.4, 0.5) is 11.5 Å². The number of benzene rings is 2. The van der Waals surface area contributed by atoms with E-state index in [2.05, 4.69) is 20.6 Å². The second-order valence-electron chi connectivity index (χ2n) is 5.21. The van der Waals surface area contributed by atoms with Crippen LogP contribution in [0.25, 0.3) is 0 Å². The minimum atomic E-state index is -0.286. The fourth-order valence-electron chi connectivity index (χ4n) is 2.15. The molecule has 1 heterocycles. The van der Waals surface area contributed by atoms with Crippen LogP contribution in [-0.4, -0.2) is 15.9 Å². The standard InChI is InChI=1S/C18H14Cl2N4O/c19-13-6-7-14(20)15(8-13)24-17-9-16(22-11-23-17)18(25)21-10-12-4-2-1-3-5-12/h1-9,11H,10H2,(H,21,25)(H,22,23,24). The summed E-state index contributed by atoms with van der Waals surface area (Å²) in [5.41, 5.74) is 1.86. The zero-order valence-corrected chi connectivity index (χ0v) is 14.6. The smallest absolute Gasteiger partial charge is 0.270 e. The molecule has 0 spiro atoms. The molecule has 0 bridgehead atoms. The molecule has 0 fully saturated rings. The summed E-state index contributed by atoms with van der Waals surface area (Å²) in [5, 5.41) is 6.90. The summed E-state index contributed by atoms with van der Waals surface area (Å²) in [6.07, 6.45) is 1.32. The number of amides is 1. The molecular formula is C18H14Cl2N4O. The lowest BCUT2D eigenvalue weighted by Crippen LogP contribution is -2.24. The lowest BCUT2D eigenvalue weighted by molar-refractivity contribution is 0.0946. The molecule has 0 aliphatic carbocycles. The lowest BCUT2D eigenvalue weighted by Gasteiger charge is -2.09. The van der Waals surface area contributed by atoms with E-state index in [9.17, 15) is 4.79 Å². The largest absolute Gasteiger partial charge is 0.347 e. The van der Waals surface area contributed by atoms with Crippen LogP contribution >= 0.6 is 23.2 Å². The van der Waals surface area contributed by atoms with Gasteiger partial charge in [-0.15, -0.1) is 0 Å². The van der Waals surface area contributed by atoms with E-state index in [1.165, 1.54) is 6.33 Å². The van der Waals surface area contributed by atoms with Gasteiger partial charge in [-0.2, -0.15) is 0 Å². The van der Waals surface area contributed by atoms with Crippen LogP contribution < -0.4 is 10.6 Å². The van der Waals surface area contributed by atoms with Gasteiger partial charge in [0.15, 0.2) is 0 Å². The Kier molecular flexibility index (Phi) is 5.48. The van der Waals surface area contributed by atoms with Gasteiger partial charge in [-0.1, -0.05) is 53.5 Å². The maximum atomic E-state index is 12.3. The third-order valence-electron chi connectivity index (χ3n) is 3.39. The van der Waals surface area contributed by atoms with Gasteiger partial charge in [0.2, 0.25) is 0 Å². The molecule has 5 nitrogen and oxygen atoms in total. The Bertz CT molecular complexity index is 887. The monoisotopic (exact) mass is 372 g/mol. The molecule has 0 atom stereocenters. The molecule has 3 aromatic rings. The van der Waals surface area contributed by atoms with E-state index in [0.29, 0.717) is 28.1 Å². The lowest BCUT2D eigenvalue weighted by atomic mass is 10.2. The highest BCUT2D eigenvalue weighted by Gasteiger charge is 2.10. The van der Waals surface area contributed by atoms with Crippen molar-refractivity contribution in [3.63, 3.8) is 0 Å². The molecule has 25 heavy (non-hydrogen) atoms. The van der Waals surface area contributed by atoms with Gasteiger partial charge in [0.1, 0.15) is 17.8 Å². The average molecular weight is 373 g/mol. The molecule has 7 heteroatoms. The second kappa shape index (κ2) is 7.96. The van der Waals surface area contributed by atoms with Crippen molar-refractivity contribution in [2.24, 2.45) is 0 Å². The van der Waals surface area contributed by atoms with E-state index in [1.807, 2.05) is 30.3 Å². The number of carbonyl (C=O) groups excluding carboxylic acids is 1. The van der Waals surface area contributed by atoms with Crippen molar-refractivity contribution in [1.82, 2.24) is 15.3 Å². The van der Waals surface area contributed by atoms with E-state index < -0.39 is 0 Å². The quantitative estimate of drug-likeness (QED) is 0.693. The van der Waals surface area contributed by atoms with E-state index in [-0.39, 0.29) is 11.6 Å². The fourth-order valence-corrected chi connectivity index (χ4v) is 2.49. The Morgan fingerprint density at radius 2 is 1.80 bits per heavy atom. The number of hydrogen-bond acceptors (Lipinski definition) is 4. The summed E-state index contributed by atoms with van der Waals surface area (Å²) in [6, 6.07) is 16.3. The molecule has 0 aliphatic rings. The third kappa shape index (κ3) is 4.68. The van der Waals surface area contributed by atoms with Crippen LogP contribution in [0.15, 0.2) is 60.9 Å². The Morgan fingerprint density at radius 3 is 2.60 bits per heavy atom. The predicted molar refractivity (Wildman–Crippen MR) is 99.4 cm³/mol. The molecule has 3 rings (SSSR count). The topological polar surface area (TPSA) is 66.9 Å². The first kappa shape index (κ1) is 17.2.